The summed E-state index contributed by atoms with van der Waals surface area (Å²) >= 11 is 0. The van der Waals surface area contributed by atoms with E-state index >= 15 is 0 Å². The number of esters is 1. The van der Waals surface area contributed by atoms with Crippen LogP contribution < -0.4 is 4.72 Å². The molecule has 20 heavy (non-hydrogen) atoms. The van der Waals surface area contributed by atoms with E-state index in [4.69, 9.17) is 4.74 Å². The Kier molecular flexibility index (Phi) is 4.08. The van der Waals surface area contributed by atoms with Gasteiger partial charge in [-0.25, -0.2) is 8.42 Å². The highest BCUT2D eigenvalue weighted by Gasteiger charge is 2.30. The summed E-state index contributed by atoms with van der Waals surface area (Å²) < 4.78 is 31.0. The largest absolute Gasteiger partial charge is 0.466 e. The molecule has 1 aromatic carbocycles. The molecular weight excluding hydrogens is 280 g/mol. The first-order valence-corrected chi connectivity index (χ1v) is 7.77. The maximum atomic E-state index is 11.9. The molecule has 0 aromatic heterocycles. The number of carbonyl (C=O) groups is 1. The average molecular weight is 296 g/mol. The van der Waals surface area contributed by atoms with Crippen LogP contribution in [0.2, 0.25) is 0 Å². The van der Waals surface area contributed by atoms with Crippen molar-refractivity contribution in [2.75, 3.05) is 13.2 Å². The van der Waals surface area contributed by atoms with Gasteiger partial charge in [0.1, 0.15) is 5.84 Å². The minimum atomic E-state index is -3.53. The van der Waals surface area contributed by atoms with Crippen molar-refractivity contribution in [3.05, 3.63) is 29.8 Å². The Labute approximate surface area is 117 Å². The summed E-state index contributed by atoms with van der Waals surface area (Å²) in [5.41, 5.74) is 0.531. The Hall–Kier alpha value is -1.89. The van der Waals surface area contributed by atoms with Crippen molar-refractivity contribution in [1.82, 2.24) is 4.72 Å². The molecule has 0 radical (unpaired) electrons. The van der Waals surface area contributed by atoms with Gasteiger partial charge in [-0.3, -0.25) is 14.5 Å². The lowest BCUT2D eigenvalue weighted by atomic mass is 10.2. The molecule has 0 spiro atoms. The fourth-order valence-corrected chi connectivity index (χ4v) is 3.09. The number of fused-ring (bicyclic) bond motifs is 1. The zero-order chi connectivity index (χ0) is 14.8. The molecule has 1 aliphatic heterocycles. The predicted molar refractivity (Wildman–Crippen MR) is 74.0 cm³/mol. The molecule has 6 nitrogen and oxygen atoms in total. The molecule has 1 aromatic rings. The number of hydrogen-bond donors (Lipinski definition) is 1. The van der Waals surface area contributed by atoms with Crippen molar-refractivity contribution in [1.29, 1.82) is 0 Å². The van der Waals surface area contributed by atoms with Crippen LogP contribution in [0.3, 0.4) is 0 Å². The Morgan fingerprint density at radius 3 is 2.80 bits per heavy atom. The van der Waals surface area contributed by atoms with Crippen molar-refractivity contribution >= 4 is 21.8 Å². The van der Waals surface area contributed by atoms with Crippen LogP contribution in [0, 0.1) is 5.92 Å². The highest BCUT2D eigenvalue weighted by atomic mass is 32.2. The van der Waals surface area contributed by atoms with Gasteiger partial charge < -0.3 is 4.74 Å². The van der Waals surface area contributed by atoms with Crippen LogP contribution in [-0.4, -0.2) is 33.4 Å². The molecule has 1 aliphatic rings. The molecule has 1 N–H and O–H groups in total. The molecule has 0 bridgehead atoms. The summed E-state index contributed by atoms with van der Waals surface area (Å²) in [4.78, 5) is 15.9. The lowest BCUT2D eigenvalue weighted by Crippen LogP contribution is -2.24. The standard InChI is InChI=1S/C13H16N2O4S/c1-3-19-13(16)9(2)8-14-12-10-6-4-5-7-11(10)20(17,18)15-12/h4-7,9H,3,8H2,1-2H3,(H,14,15). The number of aliphatic imine (C=N–C) groups is 1. The topological polar surface area (TPSA) is 84.8 Å². The molecule has 0 aliphatic carbocycles. The molecule has 1 unspecified atom stereocenters. The van der Waals surface area contributed by atoms with Crippen LogP contribution in [0.1, 0.15) is 19.4 Å². The number of nitrogens with zero attached hydrogens (tertiary/aromatic N) is 1. The first-order valence-electron chi connectivity index (χ1n) is 6.29. The van der Waals surface area contributed by atoms with E-state index in [2.05, 4.69) is 9.71 Å². The summed E-state index contributed by atoms with van der Waals surface area (Å²) in [6.07, 6.45) is 0. The number of amidine groups is 1. The van der Waals surface area contributed by atoms with Crippen molar-refractivity contribution in [3.63, 3.8) is 0 Å². The Balaban J connectivity index is 2.19. The van der Waals surface area contributed by atoms with E-state index in [-0.39, 0.29) is 23.2 Å². The molecule has 1 heterocycles. The number of benzene rings is 1. The Bertz CT molecular complexity index is 652. The van der Waals surface area contributed by atoms with Crippen LogP contribution in [0.4, 0.5) is 0 Å². The van der Waals surface area contributed by atoms with Crippen LogP contribution in [0.25, 0.3) is 0 Å². The smallest absolute Gasteiger partial charge is 0.310 e. The fraction of sp³-hybridized carbons (Fsp3) is 0.385. The minimum absolute atomic E-state index is 0.172. The first kappa shape index (κ1) is 14.5. The zero-order valence-corrected chi connectivity index (χ0v) is 12.1. The van der Waals surface area contributed by atoms with Gasteiger partial charge in [-0.05, 0) is 19.1 Å². The highest BCUT2D eigenvalue weighted by molar-refractivity contribution is 7.90. The zero-order valence-electron chi connectivity index (χ0n) is 11.3. The molecule has 108 valence electrons. The molecule has 7 heteroatoms. The summed E-state index contributed by atoms with van der Waals surface area (Å²) in [5, 5.41) is 0. The summed E-state index contributed by atoms with van der Waals surface area (Å²) in [6, 6.07) is 6.60. The van der Waals surface area contributed by atoms with Crippen molar-refractivity contribution in [2.45, 2.75) is 18.7 Å². The second-order valence-electron chi connectivity index (χ2n) is 4.44. The number of rotatable bonds is 4. The van der Waals surface area contributed by atoms with Gasteiger partial charge in [0.05, 0.1) is 24.0 Å². The van der Waals surface area contributed by atoms with Gasteiger partial charge >= 0.3 is 5.97 Å². The van der Waals surface area contributed by atoms with Gasteiger partial charge in [0.25, 0.3) is 10.0 Å². The SMILES string of the molecule is CCOC(=O)C(C)CN=C1NS(=O)(=O)c2ccccc21. The van der Waals surface area contributed by atoms with Crippen molar-refractivity contribution in [2.24, 2.45) is 10.9 Å². The number of ether oxygens (including phenoxy) is 1. The molecule has 1 atom stereocenters. The molecule has 0 saturated carbocycles. The fourth-order valence-electron chi connectivity index (χ4n) is 1.84. The Morgan fingerprint density at radius 1 is 1.40 bits per heavy atom. The van der Waals surface area contributed by atoms with Crippen LogP contribution >= 0.6 is 0 Å². The molecule has 0 amide bonds. The lowest BCUT2D eigenvalue weighted by molar-refractivity contribution is -0.146. The van der Waals surface area contributed by atoms with Gasteiger partial charge in [-0.2, -0.15) is 0 Å². The third-order valence-corrected chi connectivity index (χ3v) is 4.27. The minimum Gasteiger partial charge on any atom is -0.466 e. The number of sulfonamides is 1. The van der Waals surface area contributed by atoms with E-state index in [1.54, 1.807) is 32.0 Å². The second kappa shape index (κ2) is 5.62. The van der Waals surface area contributed by atoms with Crippen molar-refractivity contribution < 1.29 is 17.9 Å². The summed E-state index contributed by atoms with van der Waals surface area (Å²) in [6.45, 7) is 3.91. The molecule has 2 rings (SSSR count). The average Bonchev–Trinajstić information content (AvgIpc) is 2.68. The molecule has 0 saturated heterocycles. The molecule has 0 fully saturated rings. The normalized spacial score (nSPS) is 19.2. The van der Waals surface area contributed by atoms with Crippen LogP contribution in [-0.2, 0) is 19.6 Å². The van der Waals surface area contributed by atoms with E-state index in [1.807, 2.05) is 0 Å². The molecular formula is C13H16N2O4S. The number of carbonyl (C=O) groups excluding carboxylic acids is 1. The monoisotopic (exact) mass is 296 g/mol. The van der Waals surface area contributed by atoms with Gasteiger partial charge in [0, 0.05) is 5.56 Å². The quantitative estimate of drug-likeness (QED) is 0.837. The van der Waals surface area contributed by atoms with Crippen LogP contribution in [0.15, 0.2) is 34.2 Å². The lowest BCUT2D eigenvalue weighted by Gasteiger charge is -2.08. The van der Waals surface area contributed by atoms with E-state index < -0.39 is 15.9 Å². The van der Waals surface area contributed by atoms with E-state index in [0.717, 1.165) is 0 Å². The van der Waals surface area contributed by atoms with Gasteiger partial charge in [0.2, 0.25) is 0 Å². The second-order valence-corrected chi connectivity index (χ2v) is 6.09. The number of hydrogen-bond acceptors (Lipinski definition) is 5. The van der Waals surface area contributed by atoms with Gasteiger partial charge in [-0.1, -0.05) is 19.1 Å². The van der Waals surface area contributed by atoms with Gasteiger partial charge in [0.15, 0.2) is 0 Å². The van der Waals surface area contributed by atoms with E-state index in [1.165, 1.54) is 6.07 Å². The van der Waals surface area contributed by atoms with Gasteiger partial charge in [-0.15, -0.1) is 0 Å². The number of nitrogens with one attached hydrogen (secondary N) is 1. The highest BCUT2D eigenvalue weighted by Crippen LogP contribution is 2.22. The van der Waals surface area contributed by atoms with E-state index in [0.29, 0.717) is 12.2 Å². The summed E-state index contributed by atoms with van der Waals surface area (Å²) in [5.74, 6) is -0.484. The van der Waals surface area contributed by atoms with Crippen LogP contribution in [0.5, 0.6) is 0 Å². The van der Waals surface area contributed by atoms with E-state index in [9.17, 15) is 13.2 Å². The first-order chi connectivity index (χ1) is 9.45. The third kappa shape index (κ3) is 2.82. The maximum Gasteiger partial charge on any atom is 0.310 e. The third-order valence-electron chi connectivity index (χ3n) is 2.87. The Morgan fingerprint density at radius 2 is 2.10 bits per heavy atom. The maximum absolute atomic E-state index is 11.9. The predicted octanol–water partition coefficient (Wildman–Crippen LogP) is 0.924. The van der Waals surface area contributed by atoms with Crippen molar-refractivity contribution in [3.8, 4) is 0 Å². The summed E-state index contributed by atoms with van der Waals surface area (Å²) in [7, 11) is -3.53.